The molecule has 0 saturated carbocycles. The molecule has 1 aliphatic rings. The van der Waals surface area contributed by atoms with Crippen molar-refractivity contribution >= 4 is 11.8 Å². The van der Waals surface area contributed by atoms with Crippen LogP contribution in [0.25, 0.3) is 0 Å². The highest BCUT2D eigenvalue weighted by Crippen LogP contribution is 2.21. The Labute approximate surface area is 122 Å². The number of rotatable bonds is 5. The minimum absolute atomic E-state index is 0.00932. The van der Waals surface area contributed by atoms with E-state index in [1.54, 1.807) is 4.90 Å². The molecule has 1 fully saturated rings. The third-order valence-electron chi connectivity index (χ3n) is 3.55. The molecule has 122 valence electrons. The molecule has 0 radical (unpaired) electrons. The number of carbonyl (C=O) groups excluding carboxylic acids is 2. The third kappa shape index (κ3) is 5.91. The molecule has 0 aromatic heterocycles. The van der Waals surface area contributed by atoms with Crippen molar-refractivity contribution in [2.24, 2.45) is 0 Å². The van der Waals surface area contributed by atoms with E-state index in [2.05, 4.69) is 0 Å². The second kappa shape index (κ2) is 7.63. The first kappa shape index (κ1) is 17.7. The Morgan fingerprint density at radius 1 is 1.05 bits per heavy atom. The zero-order valence-corrected chi connectivity index (χ0v) is 12.4. The maximum atomic E-state index is 12.2. The summed E-state index contributed by atoms with van der Waals surface area (Å²) in [5.41, 5.74) is 0. The molecule has 1 heterocycles. The van der Waals surface area contributed by atoms with Crippen molar-refractivity contribution < 1.29 is 22.8 Å². The van der Waals surface area contributed by atoms with E-state index in [1.807, 2.05) is 18.7 Å². The van der Waals surface area contributed by atoms with Gasteiger partial charge in [-0.05, 0) is 13.8 Å². The molecule has 2 amide bonds. The molecule has 0 unspecified atom stereocenters. The second-order valence-electron chi connectivity index (χ2n) is 5.01. The number of amides is 2. The van der Waals surface area contributed by atoms with Gasteiger partial charge in [-0.25, -0.2) is 0 Å². The van der Waals surface area contributed by atoms with Gasteiger partial charge in [0, 0.05) is 39.3 Å². The van der Waals surface area contributed by atoms with Gasteiger partial charge in [-0.15, -0.1) is 0 Å². The average molecular weight is 309 g/mol. The normalized spacial score (nSPS) is 16.9. The Balaban J connectivity index is 2.39. The summed E-state index contributed by atoms with van der Waals surface area (Å²) in [6.45, 7) is 6.65. The standard InChI is InChI=1S/C13H22F3N3O2/c1-3-18(4-2)12(21)10-17-5-7-19(8-6-17)11(20)9-13(14,15)16/h3-10H2,1-2H3. The van der Waals surface area contributed by atoms with E-state index in [0.717, 1.165) is 0 Å². The van der Waals surface area contributed by atoms with Crippen molar-refractivity contribution in [2.75, 3.05) is 45.8 Å². The van der Waals surface area contributed by atoms with Crippen LogP contribution in [-0.2, 0) is 9.59 Å². The Morgan fingerprint density at radius 2 is 1.57 bits per heavy atom. The molecule has 1 aliphatic heterocycles. The fourth-order valence-electron chi connectivity index (χ4n) is 2.31. The van der Waals surface area contributed by atoms with Crippen molar-refractivity contribution in [1.82, 2.24) is 14.7 Å². The van der Waals surface area contributed by atoms with E-state index in [1.165, 1.54) is 4.90 Å². The number of likely N-dealkylation sites (N-methyl/N-ethyl adjacent to an activating group) is 1. The molecule has 0 aromatic rings. The van der Waals surface area contributed by atoms with Gasteiger partial charge in [-0.2, -0.15) is 13.2 Å². The SMILES string of the molecule is CCN(CC)C(=O)CN1CCN(C(=O)CC(F)(F)F)CC1. The molecule has 0 aliphatic carbocycles. The second-order valence-corrected chi connectivity index (χ2v) is 5.01. The van der Waals surface area contributed by atoms with Gasteiger partial charge in [0.1, 0.15) is 6.42 Å². The highest BCUT2D eigenvalue weighted by Gasteiger charge is 2.34. The molecule has 0 spiro atoms. The summed E-state index contributed by atoms with van der Waals surface area (Å²) in [6.07, 6.45) is -5.88. The summed E-state index contributed by atoms with van der Waals surface area (Å²) < 4.78 is 36.5. The van der Waals surface area contributed by atoms with Crippen molar-refractivity contribution in [3.05, 3.63) is 0 Å². The van der Waals surface area contributed by atoms with Gasteiger partial charge < -0.3 is 9.80 Å². The predicted octanol–water partition coefficient (Wildman–Crippen LogP) is 0.951. The average Bonchev–Trinajstić information content (AvgIpc) is 2.39. The molecule has 21 heavy (non-hydrogen) atoms. The smallest absolute Gasteiger partial charge is 0.342 e. The minimum Gasteiger partial charge on any atom is -0.342 e. The minimum atomic E-state index is -4.47. The fraction of sp³-hybridized carbons (Fsp3) is 0.846. The largest absolute Gasteiger partial charge is 0.397 e. The van der Waals surface area contributed by atoms with Crippen LogP contribution in [0, 0.1) is 0 Å². The lowest BCUT2D eigenvalue weighted by Gasteiger charge is -2.35. The van der Waals surface area contributed by atoms with Crippen molar-refractivity contribution in [2.45, 2.75) is 26.4 Å². The van der Waals surface area contributed by atoms with E-state index < -0.39 is 18.5 Å². The Kier molecular flexibility index (Phi) is 6.44. The third-order valence-corrected chi connectivity index (χ3v) is 3.55. The quantitative estimate of drug-likeness (QED) is 0.759. The van der Waals surface area contributed by atoms with Gasteiger partial charge in [-0.3, -0.25) is 14.5 Å². The number of hydrogen-bond acceptors (Lipinski definition) is 3. The lowest BCUT2D eigenvalue weighted by Crippen LogP contribution is -2.52. The van der Waals surface area contributed by atoms with Crippen LogP contribution in [0.2, 0.25) is 0 Å². The van der Waals surface area contributed by atoms with Crippen LogP contribution in [-0.4, -0.2) is 78.5 Å². The molecule has 0 bridgehead atoms. The molecule has 8 heteroatoms. The predicted molar refractivity (Wildman–Crippen MR) is 71.6 cm³/mol. The first-order chi connectivity index (χ1) is 9.76. The Bertz CT molecular complexity index is 362. The molecule has 5 nitrogen and oxygen atoms in total. The highest BCUT2D eigenvalue weighted by molar-refractivity contribution is 5.78. The molecule has 0 N–H and O–H groups in total. The van der Waals surface area contributed by atoms with Crippen LogP contribution in [0.5, 0.6) is 0 Å². The van der Waals surface area contributed by atoms with Gasteiger partial charge in [0.15, 0.2) is 0 Å². The van der Waals surface area contributed by atoms with Crippen molar-refractivity contribution in [3.8, 4) is 0 Å². The van der Waals surface area contributed by atoms with Gasteiger partial charge in [0.2, 0.25) is 11.8 Å². The summed E-state index contributed by atoms with van der Waals surface area (Å²) >= 11 is 0. The molecule has 0 aromatic carbocycles. The molecular weight excluding hydrogens is 287 g/mol. The monoisotopic (exact) mass is 309 g/mol. The number of nitrogens with zero attached hydrogens (tertiary/aromatic N) is 3. The van der Waals surface area contributed by atoms with E-state index in [0.29, 0.717) is 26.2 Å². The lowest BCUT2D eigenvalue weighted by molar-refractivity contribution is -0.162. The van der Waals surface area contributed by atoms with Crippen LogP contribution in [0.4, 0.5) is 13.2 Å². The molecule has 1 rings (SSSR count). The van der Waals surface area contributed by atoms with E-state index in [9.17, 15) is 22.8 Å². The first-order valence-electron chi connectivity index (χ1n) is 7.11. The Morgan fingerprint density at radius 3 is 2.00 bits per heavy atom. The number of hydrogen-bond donors (Lipinski definition) is 0. The van der Waals surface area contributed by atoms with Gasteiger partial charge in [0.25, 0.3) is 0 Å². The summed E-state index contributed by atoms with van der Waals surface area (Å²) in [4.78, 5) is 28.2. The molecule has 0 atom stereocenters. The van der Waals surface area contributed by atoms with Gasteiger partial charge in [-0.1, -0.05) is 0 Å². The number of carbonyl (C=O) groups is 2. The number of alkyl halides is 3. The fourth-order valence-corrected chi connectivity index (χ4v) is 2.31. The van der Waals surface area contributed by atoms with Crippen LogP contribution < -0.4 is 0 Å². The van der Waals surface area contributed by atoms with Gasteiger partial charge >= 0.3 is 6.18 Å². The number of piperazine rings is 1. The summed E-state index contributed by atoms with van der Waals surface area (Å²) in [5.74, 6) is -0.882. The Hall–Kier alpha value is -1.31. The van der Waals surface area contributed by atoms with E-state index in [4.69, 9.17) is 0 Å². The highest BCUT2D eigenvalue weighted by atomic mass is 19.4. The summed E-state index contributed by atoms with van der Waals surface area (Å²) in [6, 6.07) is 0. The summed E-state index contributed by atoms with van der Waals surface area (Å²) in [7, 11) is 0. The first-order valence-corrected chi connectivity index (χ1v) is 7.11. The van der Waals surface area contributed by atoms with Crippen molar-refractivity contribution in [1.29, 1.82) is 0 Å². The topological polar surface area (TPSA) is 43.9 Å². The van der Waals surface area contributed by atoms with E-state index >= 15 is 0 Å². The molecular formula is C13H22F3N3O2. The van der Waals surface area contributed by atoms with Crippen molar-refractivity contribution in [3.63, 3.8) is 0 Å². The maximum absolute atomic E-state index is 12.2. The van der Waals surface area contributed by atoms with Crippen LogP contribution in [0.1, 0.15) is 20.3 Å². The summed E-state index contributed by atoms with van der Waals surface area (Å²) in [5, 5.41) is 0. The zero-order valence-electron chi connectivity index (χ0n) is 12.4. The van der Waals surface area contributed by atoms with Crippen LogP contribution >= 0.6 is 0 Å². The lowest BCUT2D eigenvalue weighted by atomic mass is 10.2. The van der Waals surface area contributed by atoms with E-state index in [-0.39, 0.29) is 25.5 Å². The van der Waals surface area contributed by atoms with Gasteiger partial charge in [0.05, 0.1) is 6.54 Å². The van der Waals surface area contributed by atoms with Crippen LogP contribution in [0.3, 0.4) is 0 Å². The maximum Gasteiger partial charge on any atom is 0.397 e. The number of halogens is 3. The zero-order chi connectivity index (χ0) is 16.0. The van der Waals surface area contributed by atoms with Crippen LogP contribution in [0.15, 0.2) is 0 Å². The molecule has 1 saturated heterocycles.